The van der Waals surface area contributed by atoms with Crippen molar-refractivity contribution in [3.05, 3.63) is 24.3 Å². The van der Waals surface area contributed by atoms with Crippen molar-refractivity contribution in [2.45, 2.75) is 26.2 Å². The number of carboxylic acids is 1. The molecule has 0 bridgehead atoms. The van der Waals surface area contributed by atoms with Crippen molar-refractivity contribution < 1.29 is 14.7 Å². The van der Waals surface area contributed by atoms with E-state index in [-0.39, 0.29) is 11.5 Å². The van der Waals surface area contributed by atoms with Crippen LogP contribution in [0.5, 0.6) is 0 Å². The molecule has 0 unspecified atom stereocenters. The standard InChI is InChI=1S/C11H17NO3/c1-4-12-10(13)8(2)6-5-7-9(3)11(14)15/h2-7H2,1H3,(H,12,13)(H,14,15). The van der Waals surface area contributed by atoms with Crippen LogP contribution in [0.15, 0.2) is 24.3 Å². The molecule has 4 heteroatoms. The minimum atomic E-state index is -0.987. The number of hydrogen-bond acceptors (Lipinski definition) is 2. The number of hydrogen-bond donors (Lipinski definition) is 2. The van der Waals surface area contributed by atoms with Crippen molar-refractivity contribution in [3.8, 4) is 0 Å². The highest BCUT2D eigenvalue weighted by atomic mass is 16.4. The highest BCUT2D eigenvalue weighted by Gasteiger charge is 2.07. The summed E-state index contributed by atoms with van der Waals surface area (Å²) < 4.78 is 0. The lowest BCUT2D eigenvalue weighted by Gasteiger charge is -2.05. The second-order valence-electron chi connectivity index (χ2n) is 3.23. The number of carboxylic acid groups (broad SMARTS) is 1. The maximum Gasteiger partial charge on any atom is 0.330 e. The van der Waals surface area contributed by atoms with Crippen molar-refractivity contribution in [2.75, 3.05) is 6.54 Å². The molecule has 1 amide bonds. The van der Waals surface area contributed by atoms with E-state index in [0.717, 1.165) is 0 Å². The van der Waals surface area contributed by atoms with Crippen molar-refractivity contribution >= 4 is 11.9 Å². The summed E-state index contributed by atoms with van der Waals surface area (Å²) in [5.41, 5.74) is 0.647. The molecule has 2 N–H and O–H groups in total. The Kier molecular flexibility index (Phi) is 6.09. The summed E-state index contributed by atoms with van der Waals surface area (Å²) in [7, 11) is 0. The zero-order chi connectivity index (χ0) is 11.8. The zero-order valence-corrected chi connectivity index (χ0v) is 9.01. The molecule has 0 atom stereocenters. The normalized spacial score (nSPS) is 9.40. The van der Waals surface area contributed by atoms with Gasteiger partial charge in [0.2, 0.25) is 5.91 Å². The molecule has 0 heterocycles. The predicted octanol–water partition coefficient (Wildman–Crippen LogP) is 1.49. The molecule has 0 saturated carbocycles. The number of nitrogens with one attached hydrogen (secondary N) is 1. The number of amides is 1. The second kappa shape index (κ2) is 6.81. The molecule has 0 fully saturated rings. The van der Waals surface area contributed by atoms with Crippen molar-refractivity contribution in [3.63, 3.8) is 0 Å². The third-order valence-electron chi connectivity index (χ3n) is 1.92. The average molecular weight is 211 g/mol. The van der Waals surface area contributed by atoms with E-state index < -0.39 is 5.97 Å². The highest BCUT2D eigenvalue weighted by Crippen LogP contribution is 2.10. The minimum absolute atomic E-state index is 0.165. The largest absolute Gasteiger partial charge is 0.478 e. The predicted molar refractivity (Wildman–Crippen MR) is 58.5 cm³/mol. The summed E-state index contributed by atoms with van der Waals surface area (Å²) in [5.74, 6) is -1.16. The lowest BCUT2D eigenvalue weighted by atomic mass is 10.1. The first-order chi connectivity index (χ1) is 6.99. The first-order valence-electron chi connectivity index (χ1n) is 4.86. The van der Waals surface area contributed by atoms with Gasteiger partial charge in [-0.25, -0.2) is 4.79 Å². The molecular weight excluding hydrogens is 194 g/mol. The van der Waals surface area contributed by atoms with E-state index in [2.05, 4.69) is 18.5 Å². The molecule has 0 rings (SSSR count). The van der Waals surface area contributed by atoms with Crippen LogP contribution in [0.25, 0.3) is 0 Å². The summed E-state index contributed by atoms with van der Waals surface area (Å²) >= 11 is 0. The lowest BCUT2D eigenvalue weighted by Crippen LogP contribution is -2.23. The third-order valence-corrected chi connectivity index (χ3v) is 1.92. The van der Waals surface area contributed by atoms with E-state index in [1.807, 2.05) is 6.92 Å². The molecule has 0 aliphatic heterocycles. The maximum atomic E-state index is 11.2. The number of carbonyl (C=O) groups is 2. The summed E-state index contributed by atoms with van der Waals surface area (Å²) in [6, 6.07) is 0. The van der Waals surface area contributed by atoms with Gasteiger partial charge in [0, 0.05) is 17.7 Å². The van der Waals surface area contributed by atoms with Gasteiger partial charge in [0.1, 0.15) is 0 Å². The van der Waals surface area contributed by atoms with E-state index in [0.29, 0.717) is 31.4 Å². The number of rotatable bonds is 7. The fourth-order valence-corrected chi connectivity index (χ4v) is 1.02. The summed E-state index contributed by atoms with van der Waals surface area (Å²) in [6.07, 6.45) is 1.47. The Hall–Kier alpha value is -1.58. The quantitative estimate of drug-likeness (QED) is 0.627. The molecule has 4 nitrogen and oxygen atoms in total. The van der Waals surface area contributed by atoms with Gasteiger partial charge in [0.15, 0.2) is 0 Å². The molecule has 0 saturated heterocycles. The van der Waals surface area contributed by atoms with Crippen LogP contribution in [0.3, 0.4) is 0 Å². The Balaban J connectivity index is 3.77. The van der Waals surface area contributed by atoms with Crippen LogP contribution in [0.2, 0.25) is 0 Å². The molecule has 0 aromatic carbocycles. The van der Waals surface area contributed by atoms with Crippen molar-refractivity contribution in [1.29, 1.82) is 0 Å². The second-order valence-corrected chi connectivity index (χ2v) is 3.23. The first kappa shape index (κ1) is 13.4. The molecule has 0 aliphatic rings. The Morgan fingerprint density at radius 2 is 1.73 bits per heavy atom. The SMILES string of the molecule is C=C(CCCC(=C)C(=O)NCC)C(=O)O. The minimum Gasteiger partial charge on any atom is -0.478 e. The fourth-order valence-electron chi connectivity index (χ4n) is 1.02. The molecular formula is C11H17NO3. The van der Waals surface area contributed by atoms with Crippen LogP contribution in [0.1, 0.15) is 26.2 Å². The number of aliphatic carboxylic acids is 1. The van der Waals surface area contributed by atoms with Crippen LogP contribution in [0, 0.1) is 0 Å². The van der Waals surface area contributed by atoms with Crippen molar-refractivity contribution in [1.82, 2.24) is 5.32 Å². The molecule has 0 aromatic rings. The maximum absolute atomic E-state index is 11.2. The average Bonchev–Trinajstić information content (AvgIpc) is 2.17. The smallest absolute Gasteiger partial charge is 0.330 e. The van der Waals surface area contributed by atoms with Gasteiger partial charge in [-0.05, 0) is 26.2 Å². The Labute approximate surface area is 89.7 Å². The van der Waals surface area contributed by atoms with E-state index in [1.54, 1.807) is 0 Å². The number of likely N-dealkylation sites (N-methyl/N-ethyl adjacent to an activating group) is 1. The van der Waals surface area contributed by atoms with E-state index in [1.165, 1.54) is 0 Å². The van der Waals surface area contributed by atoms with Gasteiger partial charge in [-0.3, -0.25) is 4.79 Å². The van der Waals surface area contributed by atoms with Gasteiger partial charge >= 0.3 is 5.97 Å². The van der Waals surface area contributed by atoms with E-state index in [4.69, 9.17) is 5.11 Å². The van der Waals surface area contributed by atoms with Crippen LogP contribution in [-0.2, 0) is 9.59 Å². The lowest BCUT2D eigenvalue weighted by molar-refractivity contribution is -0.132. The van der Waals surface area contributed by atoms with Crippen molar-refractivity contribution in [2.24, 2.45) is 0 Å². The van der Waals surface area contributed by atoms with Gasteiger partial charge in [0.25, 0.3) is 0 Å². The molecule has 84 valence electrons. The molecule has 0 aliphatic carbocycles. The monoisotopic (exact) mass is 211 g/mol. The summed E-state index contributed by atoms with van der Waals surface area (Å²) in [4.78, 5) is 21.6. The molecule has 0 aromatic heterocycles. The van der Waals surface area contributed by atoms with Crippen LogP contribution in [0.4, 0.5) is 0 Å². The van der Waals surface area contributed by atoms with Gasteiger partial charge in [-0.1, -0.05) is 13.2 Å². The van der Waals surface area contributed by atoms with E-state index >= 15 is 0 Å². The van der Waals surface area contributed by atoms with Gasteiger partial charge in [-0.15, -0.1) is 0 Å². The zero-order valence-electron chi connectivity index (χ0n) is 9.01. The third kappa shape index (κ3) is 5.67. The van der Waals surface area contributed by atoms with E-state index in [9.17, 15) is 9.59 Å². The number of carbonyl (C=O) groups excluding carboxylic acids is 1. The van der Waals surface area contributed by atoms with Gasteiger partial charge < -0.3 is 10.4 Å². The molecule has 0 radical (unpaired) electrons. The van der Waals surface area contributed by atoms with Gasteiger partial charge in [0.05, 0.1) is 0 Å². The Morgan fingerprint density at radius 3 is 2.20 bits per heavy atom. The summed E-state index contributed by atoms with van der Waals surface area (Å²) in [6.45, 7) is 9.43. The van der Waals surface area contributed by atoms with Crippen LogP contribution >= 0.6 is 0 Å². The highest BCUT2D eigenvalue weighted by molar-refractivity contribution is 5.92. The topological polar surface area (TPSA) is 66.4 Å². The molecule has 15 heavy (non-hydrogen) atoms. The Morgan fingerprint density at radius 1 is 1.20 bits per heavy atom. The van der Waals surface area contributed by atoms with Gasteiger partial charge in [-0.2, -0.15) is 0 Å². The first-order valence-corrected chi connectivity index (χ1v) is 4.86. The Bertz CT molecular complexity index is 282. The van der Waals surface area contributed by atoms with Crippen LogP contribution in [-0.4, -0.2) is 23.5 Å². The molecule has 0 spiro atoms. The van der Waals surface area contributed by atoms with Crippen LogP contribution < -0.4 is 5.32 Å². The summed E-state index contributed by atoms with van der Waals surface area (Å²) in [5, 5.41) is 11.2. The fraction of sp³-hybridized carbons (Fsp3) is 0.455.